The summed E-state index contributed by atoms with van der Waals surface area (Å²) in [5, 5.41) is 15.8. The van der Waals surface area contributed by atoms with E-state index in [4.69, 9.17) is 21.4 Å². The summed E-state index contributed by atoms with van der Waals surface area (Å²) in [6.07, 6.45) is 4.78. The van der Waals surface area contributed by atoms with Crippen molar-refractivity contribution in [2.24, 2.45) is 11.8 Å². The molecule has 0 atom stereocenters. The fourth-order valence-electron chi connectivity index (χ4n) is 3.77. The van der Waals surface area contributed by atoms with E-state index >= 15 is 0 Å². The molecule has 1 aromatic rings. The summed E-state index contributed by atoms with van der Waals surface area (Å²) in [4.78, 5) is 23.5. The second-order valence-corrected chi connectivity index (χ2v) is 7.92. The lowest BCUT2D eigenvalue weighted by atomic mass is 9.86. The third-order valence-corrected chi connectivity index (χ3v) is 5.83. The average molecular weight is 395 g/mol. The second kappa shape index (κ2) is 9.42. The Balaban J connectivity index is 1.50. The number of carboxylic acids is 1. The van der Waals surface area contributed by atoms with Gasteiger partial charge < -0.3 is 20.5 Å². The van der Waals surface area contributed by atoms with Crippen LogP contribution in [0.1, 0.15) is 48.9 Å². The quantitative estimate of drug-likeness (QED) is 0.690. The van der Waals surface area contributed by atoms with E-state index < -0.39 is 5.97 Å². The average Bonchev–Trinajstić information content (AvgIpc) is 2.68. The first-order valence-corrected chi connectivity index (χ1v) is 10.1. The Bertz CT molecular complexity index is 668. The maximum absolute atomic E-state index is 12.5. The minimum absolute atomic E-state index is 0.0164. The number of rotatable bonds is 6. The van der Waals surface area contributed by atoms with Crippen LogP contribution in [0.15, 0.2) is 18.2 Å². The number of piperidine rings is 1. The van der Waals surface area contributed by atoms with Crippen molar-refractivity contribution in [2.45, 2.75) is 44.6 Å². The molecule has 1 saturated carbocycles. The van der Waals surface area contributed by atoms with Crippen molar-refractivity contribution in [1.82, 2.24) is 10.6 Å². The lowest BCUT2D eigenvalue weighted by Gasteiger charge is -2.27. The van der Waals surface area contributed by atoms with Gasteiger partial charge >= 0.3 is 5.97 Å². The van der Waals surface area contributed by atoms with Gasteiger partial charge in [-0.05, 0) is 75.7 Å². The number of hydrogen-bond donors (Lipinski definition) is 3. The summed E-state index contributed by atoms with van der Waals surface area (Å²) in [6.45, 7) is 2.68. The summed E-state index contributed by atoms with van der Waals surface area (Å²) >= 11 is 6.31. The van der Waals surface area contributed by atoms with E-state index in [1.54, 1.807) is 18.2 Å². The highest BCUT2D eigenvalue weighted by molar-refractivity contribution is 6.32. The monoisotopic (exact) mass is 394 g/mol. The summed E-state index contributed by atoms with van der Waals surface area (Å²) in [5.41, 5.74) is 0.495. The van der Waals surface area contributed by atoms with Crippen molar-refractivity contribution < 1.29 is 19.4 Å². The molecule has 2 fully saturated rings. The molecule has 2 aliphatic rings. The van der Waals surface area contributed by atoms with Gasteiger partial charge in [0.2, 0.25) is 0 Å². The van der Waals surface area contributed by atoms with E-state index in [-0.39, 0.29) is 17.9 Å². The van der Waals surface area contributed by atoms with Gasteiger partial charge in [0.25, 0.3) is 5.91 Å². The number of carbonyl (C=O) groups excluding carboxylic acids is 1. The first-order valence-electron chi connectivity index (χ1n) is 9.69. The number of hydrogen-bond acceptors (Lipinski definition) is 4. The van der Waals surface area contributed by atoms with Crippen molar-refractivity contribution in [3.63, 3.8) is 0 Å². The number of benzene rings is 1. The highest BCUT2D eigenvalue weighted by Crippen LogP contribution is 2.28. The highest BCUT2D eigenvalue weighted by Gasteiger charge is 2.27. The standard InChI is InChI=1S/C20H27ClN2O4/c21-17-11-15(3-6-18(17)27-12-13-7-9-22-10-8-13)19(24)23-16-4-1-14(2-5-16)20(25)26/h3,6,11,13-14,16,22H,1-2,4-5,7-10,12H2,(H,23,24)(H,25,26). The fraction of sp³-hybridized carbons (Fsp3) is 0.600. The third-order valence-electron chi connectivity index (χ3n) is 5.54. The first-order chi connectivity index (χ1) is 13.0. The number of carboxylic acid groups (broad SMARTS) is 1. The number of nitrogens with one attached hydrogen (secondary N) is 2. The van der Waals surface area contributed by atoms with Crippen LogP contribution < -0.4 is 15.4 Å². The van der Waals surface area contributed by atoms with Crippen molar-refractivity contribution >= 4 is 23.5 Å². The minimum Gasteiger partial charge on any atom is -0.492 e. The molecule has 1 heterocycles. The molecule has 27 heavy (non-hydrogen) atoms. The van der Waals surface area contributed by atoms with Gasteiger partial charge in [-0.1, -0.05) is 11.6 Å². The zero-order valence-corrected chi connectivity index (χ0v) is 16.1. The Morgan fingerprint density at radius 1 is 1.15 bits per heavy atom. The smallest absolute Gasteiger partial charge is 0.306 e. The number of aliphatic carboxylic acids is 1. The van der Waals surface area contributed by atoms with E-state index in [0.29, 0.717) is 54.5 Å². The minimum atomic E-state index is -0.744. The Morgan fingerprint density at radius 2 is 1.85 bits per heavy atom. The van der Waals surface area contributed by atoms with Gasteiger partial charge in [-0.2, -0.15) is 0 Å². The predicted octanol–water partition coefficient (Wildman–Crippen LogP) is 3.09. The zero-order valence-electron chi connectivity index (χ0n) is 15.4. The Kier molecular flexibility index (Phi) is 6.96. The van der Waals surface area contributed by atoms with Crippen molar-refractivity contribution in [3.8, 4) is 5.75 Å². The molecule has 0 aromatic heterocycles. The van der Waals surface area contributed by atoms with Crippen LogP contribution in [-0.2, 0) is 4.79 Å². The normalized spacial score (nSPS) is 23.6. The van der Waals surface area contributed by atoms with Gasteiger partial charge in [-0.15, -0.1) is 0 Å². The summed E-state index contributed by atoms with van der Waals surface area (Å²) in [5.74, 6) is -0.0730. The van der Waals surface area contributed by atoms with Gasteiger partial charge in [0.1, 0.15) is 5.75 Å². The Labute approximate surface area is 164 Å². The van der Waals surface area contributed by atoms with E-state index in [2.05, 4.69) is 10.6 Å². The molecule has 1 aromatic carbocycles. The predicted molar refractivity (Wildman–Crippen MR) is 103 cm³/mol. The maximum Gasteiger partial charge on any atom is 0.306 e. The molecule has 0 bridgehead atoms. The number of ether oxygens (including phenoxy) is 1. The molecule has 0 radical (unpaired) electrons. The summed E-state index contributed by atoms with van der Waals surface area (Å²) < 4.78 is 5.85. The van der Waals surface area contributed by atoms with Crippen LogP contribution in [-0.4, -0.2) is 42.7 Å². The lowest BCUT2D eigenvalue weighted by Crippen LogP contribution is -2.38. The molecule has 0 unspecified atom stereocenters. The Morgan fingerprint density at radius 3 is 2.48 bits per heavy atom. The molecule has 3 rings (SSSR count). The molecule has 0 spiro atoms. The topological polar surface area (TPSA) is 87.7 Å². The highest BCUT2D eigenvalue weighted by atomic mass is 35.5. The molecule has 1 saturated heterocycles. The van der Waals surface area contributed by atoms with Crippen molar-refractivity contribution in [3.05, 3.63) is 28.8 Å². The molecule has 1 aliphatic heterocycles. The molecular weight excluding hydrogens is 368 g/mol. The van der Waals surface area contributed by atoms with Gasteiger partial charge in [-0.25, -0.2) is 0 Å². The van der Waals surface area contributed by atoms with E-state index in [1.807, 2.05) is 0 Å². The summed E-state index contributed by atoms with van der Waals surface area (Å²) in [6, 6.07) is 5.13. The van der Waals surface area contributed by atoms with Crippen LogP contribution in [0.5, 0.6) is 5.75 Å². The van der Waals surface area contributed by atoms with Gasteiger partial charge in [0.05, 0.1) is 17.5 Å². The van der Waals surface area contributed by atoms with Gasteiger partial charge in [0.15, 0.2) is 0 Å². The molecular formula is C20H27ClN2O4. The van der Waals surface area contributed by atoms with Crippen molar-refractivity contribution in [2.75, 3.05) is 19.7 Å². The molecule has 1 aliphatic carbocycles. The van der Waals surface area contributed by atoms with Gasteiger partial charge in [0, 0.05) is 11.6 Å². The van der Waals surface area contributed by atoms with Crippen LogP contribution >= 0.6 is 11.6 Å². The third kappa shape index (κ3) is 5.59. The van der Waals surface area contributed by atoms with Crippen LogP contribution in [0.4, 0.5) is 0 Å². The summed E-state index contributed by atoms with van der Waals surface area (Å²) in [7, 11) is 0. The molecule has 7 heteroatoms. The number of halogens is 1. The van der Waals surface area contributed by atoms with Crippen molar-refractivity contribution in [1.29, 1.82) is 0 Å². The van der Waals surface area contributed by atoms with E-state index in [9.17, 15) is 9.59 Å². The molecule has 3 N–H and O–H groups in total. The molecule has 148 valence electrons. The maximum atomic E-state index is 12.5. The zero-order chi connectivity index (χ0) is 19.2. The molecule has 1 amide bonds. The van der Waals surface area contributed by atoms with E-state index in [1.165, 1.54) is 0 Å². The van der Waals surface area contributed by atoms with Crippen LogP contribution in [0.3, 0.4) is 0 Å². The van der Waals surface area contributed by atoms with Crippen LogP contribution in [0.2, 0.25) is 5.02 Å². The second-order valence-electron chi connectivity index (χ2n) is 7.51. The fourth-order valence-corrected chi connectivity index (χ4v) is 4.00. The van der Waals surface area contributed by atoms with Crippen LogP contribution in [0.25, 0.3) is 0 Å². The van der Waals surface area contributed by atoms with Gasteiger partial charge in [-0.3, -0.25) is 9.59 Å². The van der Waals surface area contributed by atoms with Crippen LogP contribution in [0, 0.1) is 11.8 Å². The number of carbonyl (C=O) groups is 2. The SMILES string of the molecule is O=C(NC1CCC(C(=O)O)CC1)c1ccc(OCC2CCNCC2)c(Cl)c1. The number of amides is 1. The first kappa shape index (κ1) is 20.0. The largest absolute Gasteiger partial charge is 0.492 e. The Hall–Kier alpha value is -1.79. The lowest BCUT2D eigenvalue weighted by molar-refractivity contribution is -0.142. The molecule has 6 nitrogen and oxygen atoms in total. The van der Waals surface area contributed by atoms with E-state index in [0.717, 1.165) is 25.9 Å².